The van der Waals surface area contributed by atoms with E-state index in [-0.39, 0.29) is 0 Å². The number of fused-ring (bicyclic) bond motifs is 3. The molecule has 0 bridgehead atoms. The molecule has 1 heterocycles. The SMILES string of the molecule is c1ccc(Nc2ccc(-c3cccc(-n4c5ccccc5c5ccccc54)c3)cc2)cc1. The van der Waals surface area contributed by atoms with Gasteiger partial charge in [-0.2, -0.15) is 0 Å². The summed E-state index contributed by atoms with van der Waals surface area (Å²) in [5, 5.41) is 6.02. The number of hydrogen-bond donors (Lipinski definition) is 1. The van der Waals surface area contributed by atoms with Crippen LogP contribution in [0, 0.1) is 0 Å². The lowest BCUT2D eigenvalue weighted by Crippen LogP contribution is -1.94. The predicted octanol–water partition coefficient (Wildman–Crippen LogP) is 8.19. The van der Waals surface area contributed by atoms with Gasteiger partial charge >= 0.3 is 0 Å². The molecule has 0 radical (unpaired) electrons. The molecule has 6 aromatic rings. The summed E-state index contributed by atoms with van der Waals surface area (Å²) in [6.07, 6.45) is 0. The molecule has 0 saturated heterocycles. The van der Waals surface area contributed by atoms with E-state index in [0.717, 1.165) is 11.4 Å². The van der Waals surface area contributed by atoms with E-state index in [1.807, 2.05) is 18.2 Å². The van der Waals surface area contributed by atoms with Gasteiger partial charge < -0.3 is 9.88 Å². The Morgan fingerprint density at radius 2 is 1.03 bits per heavy atom. The highest BCUT2D eigenvalue weighted by Gasteiger charge is 2.11. The molecule has 2 nitrogen and oxygen atoms in total. The smallest absolute Gasteiger partial charge is 0.0541 e. The number of aromatic nitrogens is 1. The first-order valence-electron chi connectivity index (χ1n) is 10.9. The van der Waals surface area contributed by atoms with Crippen LogP contribution in [0.25, 0.3) is 38.6 Å². The summed E-state index contributed by atoms with van der Waals surface area (Å²) in [5.41, 5.74) is 8.21. The van der Waals surface area contributed by atoms with Crippen molar-refractivity contribution in [3.8, 4) is 16.8 Å². The monoisotopic (exact) mass is 410 g/mol. The number of nitrogens with zero attached hydrogens (tertiary/aromatic N) is 1. The van der Waals surface area contributed by atoms with E-state index < -0.39 is 0 Å². The Labute approximate surface area is 187 Å². The minimum absolute atomic E-state index is 1.08. The summed E-state index contributed by atoms with van der Waals surface area (Å²) >= 11 is 0. The van der Waals surface area contributed by atoms with Gasteiger partial charge in [0.05, 0.1) is 11.0 Å². The quantitative estimate of drug-likeness (QED) is 0.310. The molecule has 6 rings (SSSR count). The first-order chi connectivity index (χ1) is 15.9. The Hall–Kier alpha value is -4.30. The molecule has 5 aromatic carbocycles. The maximum absolute atomic E-state index is 3.45. The van der Waals surface area contributed by atoms with Crippen molar-refractivity contribution < 1.29 is 0 Å². The van der Waals surface area contributed by atoms with Crippen molar-refractivity contribution in [2.24, 2.45) is 0 Å². The molecule has 0 unspecified atom stereocenters. The Morgan fingerprint density at radius 3 is 1.72 bits per heavy atom. The van der Waals surface area contributed by atoms with Crippen LogP contribution in [0.2, 0.25) is 0 Å². The third-order valence-corrected chi connectivity index (χ3v) is 5.97. The van der Waals surface area contributed by atoms with Gasteiger partial charge in [0.15, 0.2) is 0 Å². The summed E-state index contributed by atoms with van der Waals surface area (Å²) in [6.45, 7) is 0. The molecule has 0 aliphatic rings. The number of para-hydroxylation sites is 3. The molecule has 0 amide bonds. The Morgan fingerprint density at radius 1 is 0.438 bits per heavy atom. The number of benzene rings is 5. The summed E-state index contributed by atoms with van der Waals surface area (Å²) in [7, 11) is 0. The molecule has 0 fully saturated rings. The highest BCUT2D eigenvalue weighted by molar-refractivity contribution is 6.09. The lowest BCUT2D eigenvalue weighted by atomic mass is 10.0. The van der Waals surface area contributed by atoms with Crippen LogP contribution < -0.4 is 5.32 Å². The molecule has 32 heavy (non-hydrogen) atoms. The second kappa shape index (κ2) is 7.75. The van der Waals surface area contributed by atoms with Crippen molar-refractivity contribution in [2.45, 2.75) is 0 Å². The van der Waals surface area contributed by atoms with Gasteiger partial charge in [0.1, 0.15) is 0 Å². The standard InChI is InChI=1S/C30H22N2/c1-2-10-24(11-3-1)31-25-19-17-22(18-20-25)23-9-8-12-26(21-23)32-29-15-6-4-13-27(29)28-14-5-7-16-30(28)32/h1-21,31H. The Balaban J connectivity index is 1.40. The second-order valence-electron chi connectivity index (χ2n) is 7.99. The number of hydrogen-bond acceptors (Lipinski definition) is 1. The topological polar surface area (TPSA) is 17.0 Å². The zero-order valence-electron chi connectivity index (χ0n) is 17.6. The molecule has 0 saturated carbocycles. The minimum Gasteiger partial charge on any atom is -0.356 e. The second-order valence-corrected chi connectivity index (χ2v) is 7.99. The molecule has 0 aliphatic carbocycles. The van der Waals surface area contributed by atoms with E-state index in [1.54, 1.807) is 0 Å². The summed E-state index contributed by atoms with van der Waals surface area (Å²) in [6, 6.07) is 44.9. The molecule has 1 N–H and O–H groups in total. The van der Waals surface area contributed by atoms with Crippen molar-refractivity contribution in [2.75, 3.05) is 5.32 Å². The summed E-state index contributed by atoms with van der Waals surface area (Å²) in [4.78, 5) is 0. The van der Waals surface area contributed by atoms with Gasteiger partial charge in [-0.05, 0) is 59.7 Å². The first kappa shape index (κ1) is 18.5. The van der Waals surface area contributed by atoms with Gasteiger partial charge in [-0.1, -0.05) is 78.9 Å². The van der Waals surface area contributed by atoms with Gasteiger partial charge in [0.2, 0.25) is 0 Å². The fourth-order valence-electron chi connectivity index (χ4n) is 4.46. The van der Waals surface area contributed by atoms with Crippen molar-refractivity contribution in [3.63, 3.8) is 0 Å². The van der Waals surface area contributed by atoms with Crippen LogP contribution in [0.5, 0.6) is 0 Å². The van der Waals surface area contributed by atoms with E-state index in [2.05, 4.69) is 119 Å². The molecule has 152 valence electrons. The van der Waals surface area contributed by atoms with Crippen molar-refractivity contribution in [1.29, 1.82) is 0 Å². The molecular weight excluding hydrogens is 388 g/mol. The number of rotatable bonds is 4. The maximum atomic E-state index is 3.45. The largest absolute Gasteiger partial charge is 0.356 e. The molecular formula is C30H22N2. The first-order valence-corrected chi connectivity index (χ1v) is 10.9. The van der Waals surface area contributed by atoms with Gasteiger partial charge in [-0.25, -0.2) is 0 Å². The average molecular weight is 411 g/mol. The van der Waals surface area contributed by atoms with Crippen LogP contribution in [-0.2, 0) is 0 Å². The van der Waals surface area contributed by atoms with Crippen LogP contribution in [0.15, 0.2) is 127 Å². The van der Waals surface area contributed by atoms with Gasteiger partial charge in [-0.3, -0.25) is 0 Å². The van der Waals surface area contributed by atoms with Crippen molar-refractivity contribution >= 4 is 33.2 Å². The average Bonchev–Trinajstić information content (AvgIpc) is 3.20. The minimum atomic E-state index is 1.08. The van der Waals surface area contributed by atoms with Crippen LogP contribution in [0.1, 0.15) is 0 Å². The third-order valence-electron chi connectivity index (χ3n) is 5.97. The lowest BCUT2D eigenvalue weighted by molar-refractivity contribution is 1.18. The van der Waals surface area contributed by atoms with Crippen LogP contribution in [0.4, 0.5) is 11.4 Å². The van der Waals surface area contributed by atoms with Crippen LogP contribution in [-0.4, -0.2) is 4.57 Å². The van der Waals surface area contributed by atoms with Crippen molar-refractivity contribution in [1.82, 2.24) is 4.57 Å². The molecule has 0 spiro atoms. The normalized spacial score (nSPS) is 11.1. The highest BCUT2D eigenvalue weighted by atomic mass is 15.0. The van der Waals surface area contributed by atoms with Crippen LogP contribution >= 0.6 is 0 Å². The van der Waals surface area contributed by atoms with Gasteiger partial charge in [-0.15, -0.1) is 0 Å². The molecule has 0 aliphatic heterocycles. The summed E-state index contributed by atoms with van der Waals surface area (Å²) in [5.74, 6) is 0. The van der Waals surface area contributed by atoms with Crippen LogP contribution in [0.3, 0.4) is 0 Å². The fourth-order valence-corrected chi connectivity index (χ4v) is 4.46. The lowest BCUT2D eigenvalue weighted by Gasteiger charge is -2.11. The Kier molecular flexibility index (Phi) is 4.47. The van der Waals surface area contributed by atoms with E-state index in [0.29, 0.717) is 0 Å². The molecule has 2 heteroatoms. The van der Waals surface area contributed by atoms with Gasteiger partial charge in [0, 0.05) is 27.8 Å². The zero-order valence-corrected chi connectivity index (χ0v) is 17.6. The summed E-state index contributed by atoms with van der Waals surface area (Å²) < 4.78 is 2.36. The maximum Gasteiger partial charge on any atom is 0.0541 e. The third kappa shape index (κ3) is 3.23. The van der Waals surface area contributed by atoms with Crippen molar-refractivity contribution in [3.05, 3.63) is 127 Å². The zero-order chi connectivity index (χ0) is 21.3. The molecule has 1 aromatic heterocycles. The van der Waals surface area contributed by atoms with E-state index in [4.69, 9.17) is 0 Å². The Bertz CT molecular complexity index is 1470. The van der Waals surface area contributed by atoms with E-state index in [1.165, 1.54) is 38.6 Å². The highest BCUT2D eigenvalue weighted by Crippen LogP contribution is 2.33. The van der Waals surface area contributed by atoms with E-state index in [9.17, 15) is 0 Å². The van der Waals surface area contributed by atoms with E-state index >= 15 is 0 Å². The number of anilines is 2. The predicted molar refractivity (Wildman–Crippen MR) is 136 cm³/mol. The fraction of sp³-hybridized carbons (Fsp3) is 0. The number of nitrogens with one attached hydrogen (secondary N) is 1. The van der Waals surface area contributed by atoms with Gasteiger partial charge in [0.25, 0.3) is 0 Å². The molecule has 0 atom stereocenters.